The van der Waals surface area contributed by atoms with Crippen molar-refractivity contribution < 1.29 is 23.8 Å². The number of hydrogen-bond donors (Lipinski definition) is 2. The number of amides is 1. The lowest BCUT2D eigenvalue weighted by atomic mass is 10.1. The van der Waals surface area contributed by atoms with E-state index in [2.05, 4.69) is 5.32 Å². The van der Waals surface area contributed by atoms with E-state index in [-0.39, 0.29) is 19.0 Å². The maximum atomic E-state index is 12.4. The Balaban J connectivity index is 1.62. The quantitative estimate of drug-likeness (QED) is 0.611. The van der Waals surface area contributed by atoms with Crippen LogP contribution >= 0.6 is 0 Å². The van der Waals surface area contributed by atoms with Crippen LogP contribution in [0.25, 0.3) is 11.3 Å². The van der Waals surface area contributed by atoms with Crippen molar-refractivity contribution in [1.82, 2.24) is 5.32 Å². The summed E-state index contributed by atoms with van der Waals surface area (Å²) in [4.78, 5) is 23.8. The number of nitrogens with one attached hydrogen (secondary N) is 1. The molecule has 1 amide bonds. The number of nitrogens with zero attached hydrogens (tertiary/aromatic N) is 1. The second-order valence-corrected chi connectivity index (χ2v) is 6.22. The lowest BCUT2D eigenvalue weighted by molar-refractivity contribution is -0.141. The molecule has 0 radical (unpaired) electrons. The van der Waals surface area contributed by atoms with Gasteiger partial charge in [0, 0.05) is 5.56 Å². The molecule has 1 heterocycles. The summed E-state index contributed by atoms with van der Waals surface area (Å²) < 4.78 is 11.0. The van der Waals surface area contributed by atoms with E-state index in [1.165, 1.54) is 6.07 Å². The van der Waals surface area contributed by atoms with Crippen LogP contribution in [-0.4, -0.2) is 29.6 Å². The van der Waals surface area contributed by atoms with Gasteiger partial charge in [0.05, 0.1) is 24.8 Å². The molecule has 3 rings (SSSR count). The first-order valence-electron chi connectivity index (χ1n) is 8.82. The molecule has 0 fully saturated rings. The van der Waals surface area contributed by atoms with Crippen molar-refractivity contribution in [2.24, 2.45) is 0 Å². The fraction of sp³-hybridized carbons (Fsp3) is 0.136. The molecule has 1 unspecified atom stereocenters. The number of aliphatic carboxylic acids is 1. The molecule has 0 saturated carbocycles. The first-order chi connectivity index (χ1) is 14.1. The maximum absolute atomic E-state index is 12.4. The van der Waals surface area contributed by atoms with Gasteiger partial charge >= 0.3 is 5.97 Å². The summed E-state index contributed by atoms with van der Waals surface area (Å²) in [6, 6.07) is 19.9. The number of furan rings is 1. The molecule has 0 aliphatic carbocycles. The van der Waals surface area contributed by atoms with Crippen LogP contribution in [0, 0.1) is 11.3 Å². The van der Waals surface area contributed by atoms with E-state index in [0.29, 0.717) is 16.9 Å². The van der Waals surface area contributed by atoms with E-state index in [9.17, 15) is 14.7 Å². The zero-order valence-corrected chi connectivity index (χ0v) is 15.4. The van der Waals surface area contributed by atoms with Gasteiger partial charge in [-0.3, -0.25) is 4.79 Å². The van der Waals surface area contributed by atoms with Crippen LogP contribution in [0.15, 0.2) is 71.1 Å². The summed E-state index contributed by atoms with van der Waals surface area (Å²) in [6.45, 7) is 0.0500. The van der Waals surface area contributed by atoms with Crippen LogP contribution < -0.4 is 5.32 Å². The van der Waals surface area contributed by atoms with Gasteiger partial charge in [-0.05, 0) is 29.8 Å². The summed E-state index contributed by atoms with van der Waals surface area (Å²) >= 11 is 0. The van der Waals surface area contributed by atoms with Gasteiger partial charge in [-0.15, -0.1) is 0 Å². The molecule has 2 N–H and O–H groups in total. The van der Waals surface area contributed by atoms with Crippen molar-refractivity contribution in [2.45, 2.75) is 12.6 Å². The van der Waals surface area contributed by atoms with E-state index in [1.54, 1.807) is 30.3 Å². The van der Waals surface area contributed by atoms with Crippen LogP contribution in [0.5, 0.6) is 0 Å². The molecule has 7 heteroatoms. The van der Waals surface area contributed by atoms with Gasteiger partial charge in [0.25, 0.3) is 5.91 Å². The zero-order valence-electron chi connectivity index (χ0n) is 15.4. The van der Waals surface area contributed by atoms with Gasteiger partial charge in [0.15, 0.2) is 11.8 Å². The Kier molecular flexibility index (Phi) is 6.40. The molecule has 1 aromatic heterocycles. The van der Waals surface area contributed by atoms with Crippen LogP contribution in [0.4, 0.5) is 0 Å². The van der Waals surface area contributed by atoms with Crippen molar-refractivity contribution in [2.75, 3.05) is 6.61 Å². The molecule has 29 heavy (non-hydrogen) atoms. The van der Waals surface area contributed by atoms with Crippen molar-refractivity contribution in [3.63, 3.8) is 0 Å². The van der Waals surface area contributed by atoms with Crippen molar-refractivity contribution >= 4 is 11.9 Å². The van der Waals surface area contributed by atoms with E-state index in [1.807, 2.05) is 36.4 Å². The van der Waals surface area contributed by atoms with Gasteiger partial charge in [-0.2, -0.15) is 5.26 Å². The third-order valence-electron chi connectivity index (χ3n) is 4.11. The molecule has 0 saturated heterocycles. The van der Waals surface area contributed by atoms with Crippen LogP contribution in [0.1, 0.15) is 21.7 Å². The van der Waals surface area contributed by atoms with Gasteiger partial charge in [-0.1, -0.05) is 42.5 Å². The minimum atomic E-state index is -1.22. The van der Waals surface area contributed by atoms with Crippen LogP contribution in [0.2, 0.25) is 0 Å². The molecular weight excluding hydrogens is 372 g/mol. The topological polar surface area (TPSA) is 113 Å². The average Bonchev–Trinajstić information content (AvgIpc) is 3.24. The number of carbonyl (C=O) groups excluding carboxylic acids is 1. The Bertz CT molecular complexity index is 1040. The highest BCUT2D eigenvalue weighted by Crippen LogP contribution is 2.23. The lowest BCUT2D eigenvalue weighted by Gasteiger charge is -2.14. The molecular formula is C22H18N2O5. The normalized spacial score (nSPS) is 11.4. The standard InChI is InChI=1S/C22H18N2O5/c23-12-16-7-4-8-17(11-16)19-9-10-20(29-19)21(25)24-18(22(26)27)14-28-13-15-5-2-1-3-6-15/h1-11,18H,13-14H2,(H,24,25)(H,26,27). The van der Waals surface area contributed by atoms with E-state index < -0.39 is 17.9 Å². The Morgan fingerprint density at radius 3 is 2.62 bits per heavy atom. The zero-order chi connectivity index (χ0) is 20.6. The highest BCUT2D eigenvalue weighted by Gasteiger charge is 2.23. The number of nitriles is 1. The smallest absolute Gasteiger partial charge is 0.328 e. The highest BCUT2D eigenvalue weighted by atomic mass is 16.5. The number of ether oxygens (including phenoxy) is 1. The Morgan fingerprint density at radius 2 is 1.90 bits per heavy atom. The summed E-state index contributed by atoms with van der Waals surface area (Å²) in [5.74, 6) is -1.50. The summed E-state index contributed by atoms with van der Waals surface area (Å²) in [5.41, 5.74) is 2.01. The number of rotatable bonds is 8. The van der Waals surface area contributed by atoms with E-state index in [4.69, 9.17) is 14.4 Å². The third-order valence-corrected chi connectivity index (χ3v) is 4.11. The van der Waals surface area contributed by atoms with Crippen LogP contribution in [0.3, 0.4) is 0 Å². The predicted molar refractivity (Wildman–Crippen MR) is 104 cm³/mol. The fourth-order valence-corrected chi connectivity index (χ4v) is 2.63. The minimum absolute atomic E-state index is 0.0309. The van der Waals surface area contributed by atoms with Gasteiger partial charge in [0.1, 0.15) is 5.76 Å². The SMILES string of the molecule is N#Cc1cccc(-c2ccc(C(=O)NC(COCc3ccccc3)C(=O)O)o2)c1. The molecule has 3 aromatic rings. The molecule has 0 aliphatic heterocycles. The average molecular weight is 390 g/mol. The molecule has 0 spiro atoms. The third kappa shape index (κ3) is 5.31. The molecule has 0 aliphatic rings. The second-order valence-electron chi connectivity index (χ2n) is 6.22. The van der Waals surface area contributed by atoms with Gasteiger partial charge < -0.3 is 19.6 Å². The Hall–Kier alpha value is -3.89. The molecule has 0 bridgehead atoms. The monoisotopic (exact) mass is 390 g/mol. The summed E-state index contributed by atoms with van der Waals surface area (Å²) in [6.07, 6.45) is 0. The number of carboxylic acids is 1. The Morgan fingerprint density at radius 1 is 1.10 bits per heavy atom. The first-order valence-corrected chi connectivity index (χ1v) is 8.82. The van der Waals surface area contributed by atoms with Gasteiger partial charge in [0.2, 0.25) is 0 Å². The maximum Gasteiger partial charge on any atom is 0.328 e. The number of hydrogen-bond acceptors (Lipinski definition) is 5. The highest BCUT2D eigenvalue weighted by molar-refractivity contribution is 5.94. The van der Waals surface area contributed by atoms with Crippen molar-refractivity contribution in [3.8, 4) is 17.4 Å². The lowest BCUT2D eigenvalue weighted by Crippen LogP contribution is -2.43. The largest absolute Gasteiger partial charge is 0.480 e. The van der Waals surface area contributed by atoms with Gasteiger partial charge in [-0.25, -0.2) is 4.79 Å². The number of benzene rings is 2. The van der Waals surface area contributed by atoms with E-state index in [0.717, 1.165) is 5.56 Å². The number of carbonyl (C=O) groups is 2. The molecule has 7 nitrogen and oxygen atoms in total. The molecule has 146 valence electrons. The summed E-state index contributed by atoms with van der Waals surface area (Å²) in [7, 11) is 0. The molecule has 1 atom stereocenters. The van der Waals surface area contributed by atoms with Crippen molar-refractivity contribution in [3.05, 3.63) is 83.6 Å². The minimum Gasteiger partial charge on any atom is -0.480 e. The number of carboxylic acid groups (broad SMARTS) is 1. The molecule has 2 aromatic carbocycles. The first kappa shape index (κ1) is 19.9. The fourth-order valence-electron chi connectivity index (χ4n) is 2.63. The van der Waals surface area contributed by atoms with E-state index >= 15 is 0 Å². The Labute approximate surface area is 167 Å². The summed E-state index contributed by atoms with van der Waals surface area (Å²) in [5, 5.41) is 20.7. The van der Waals surface area contributed by atoms with Crippen LogP contribution in [-0.2, 0) is 16.1 Å². The predicted octanol–water partition coefficient (Wildman–Crippen LogP) is 3.22. The van der Waals surface area contributed by atoms with Crippen molar-refractivity contribution in [1.29, 1.82) is 5.26 Å². The second kappa shape index (κ2) is 9.35.